The van der Waals surface area contributed by atoms with Gasteiger partial charge in [0.25, 0.3) is 5.91 Å². The molecule has 1 fully saturated rings. The number of carbonyl (C=O) groups excluding carboxylic acids is 2. The van der Waals surface area contributed by atoms with E-state index in [2.05, 4.69) is 23.6 Å². The van der Waals surface area contributed by atoms with Crippen LogP contribution in [0.3, 0.4) is 0 Å². The van der Waals surface area contributed by atoms with Gasteiger partial charge in [-0.3, -0.25) is 14.5 Å². The van der Waals surface area contributed by atoms with Crippen LogP contribution in [-0.4, -0.2) is 36.3 Å². The number of hydrogen-bond acceptors (Lipinski definition) is 4. The molecule has 1 saturated carbocycles. The van der Waals surface area contributed by atoms with Crippen LogP contribution < -0.4 is 10.6 Å². The fourth-order valence-electron chi connectivity index (χ4n) is 3.42. The lowest BCUT2D eigenvalue weighted by atomic mass is 10.1. The highest BCUT2D eigenvalue weighted by molar-refractivity contribution is 7.10. The van der Waals surface area contributed by atoms with Crippen molar-refractivity contribution in [2.24, 2.45) is 0 Å². The molecule has 6 heteroatoms. The molecule has 0 bridgehead atoms. The van der Waals surface area contributed by atoms with E-state index in [4.69, 9.17) is 0 Å². The molecule has 1 atom stereocenters. The number of rotatable bonds is 7. The van der Waals surface area contributed by atoms with Gasteiger partial charge in [-0.25, -0.2) is 0 Å². The predicted octanol–water partition coefficient (Wildman–Crippen LogP) is 4.05. The maximum atomic E-state index is 12.6. The number of carbonyl (C=O) groups is 2. The summed E-state index contributed by atoms with van der Waals surface area (Å²) < 4.78 is 0. The summed E-state index contributed by atoms with van der Waals surface area (Å²) in [4.78, 5) is 28.4. The molecule has 1 heterocycles. The highest BCUT2D eigenvalue weighted by atomic mass is 32.1. The van der Waals surface area contributed by atoms with Crippen LogP contribution in [0.25, 0.3) is 0 Å². The van der Waals surface area contributed by atoms with Crippen LogP contribution in [0.15, 0.2) is 41.8 Å². The normalized spacial score (nSPS) is 15.7. The number of para-hydroxylation sites is 1. The lowest BCUT2D eigenvalue weighted by Gasteiger charge is -2.23. The predicted molar refractivity (Wildman–Crippen MR) is 110 cm³/mol. The highest BCUT2D eigenvalue weighted by Gasteiger charge is 2.21. The zero-order valence-corrected chi connectivity index (χ0v) is 16.7. The summed E-state index contributed by atoms with van der Waals surface area (Å²) in [6.07, 6.45) is 4.40. The molecule has 3 rings (SSSR count). The van der Waals surface area contributed by atoms with Gasteiger partial charge < -0.3 is 10.6 Å². The summed E-state index contributed by atoms with van der Waals surface area (Å²) in [7, 11) is 1.93. The highest BCUT2D eigenvalue weighted by Crippen LogP contribution is 2.24. The second kappa shape index (κ2) is 9.15. The Bertz CT molecular complexity index is 769. The van der Waals surface area contributed by atoms with Crippen molar-refractivity contribution in [3.63, 3.8) is 0 Å². The standard InChI is InChI=1S/C21H27N3O2S/c1-15(19-12-7-13-27-19)24(2)14-20(25)23-18-11-6-5-10-17(18)21(26)22-16-8-3-4-9-16/h5-7,10-13,15-16H,3-4,8-9,14H2,1-2H3,(H,22,26)(H,23,25). The second-order valence-electron chi connectivity index (χ2n) is 7.16. The summed E-state index contributed by atoms with van der Waals surface area (Å²) >= 11 is 1.69. The lowest BCUT2D eigenvalue weighted by molar-refractivity contribution is -0.117. The van der Waals surface area contributed by atoms with Gasteiger partial charge in [0, 0.05) is 17.0 Å². The molecule has 2 aromatic rings. The molecule has 1 unspecified atom stereocenters. The Morgan fingerprint density at radius 1 is 1.19 bits per heavy atom. The Labute approximate surface area is 164 Å². The quantitative estimate of drug-likeness (QED) is 0.756. The number of benzene rings is 1. The van der Waals surface area contributed by atoms with E-state index in [1.807, 2.05) is 35.5 Å². The first-order valence-corrected chi connectivity index (χ1v) is 10.4. The van der Waals surface area contributed by atoms with Crippen molar-refractivity contribution < 1.29 is 9.59 Å². The number of nitrogens with one attached hydrogen (secondary N) is 2. The van der Waals surface area contributed by atoms with Gasteiger partial charge in [-0.1, -0.05) is 31.0 Å². The minimum Gasteiger partial charge on any atom is -0.349 e. The van der Waals surface area contributed by atoms with Gasteiger partial charge in [0.2, 0.25) is 5.91 Å². The topological polar surface area (TPSA) is 61.4 Å². The van der Waals surface area contributed by atoms with E-state index in [0.717, 1.165) is 25.7 Å². The summed E-state index contributed by atoms with van der Waals surface area (Å²) in [6.45, 7) is 2.35. The average molecular weight is 386 g/mol. The molecule has 0 spiro atoms. The molecule has 2 amide bonds. The third-order valence-electron chi connectivity index (χ3n) is 5.15. The van der Waals surface area contributed by atoms with Crippen LogP contribution in [0, 0.1) is 0 Å². The molecular formula is C21H27N3O2S. The minimum atomic E-state index is -0.123. The summed E-state index contributed by atoms with van der Waals surface area (Å²) in [6, 6.07) is 11.7. The Morgan fingerprint density at radius 3 is 2.63 bits per heavy atom. The Hall–Kier alpha value is -2.18. The molecule has 1 aromatic carbocycles. The molecule has 1 aliphatic rings. The molecule has 27 heavy (non-hydrogen) atoms. The Kier molecular flexibility index (Phi) is 6.63. The van der Waals surface area contributed by atoms with E-state index < -0.39 is 0 Å². The van der Waals surface area contributed by atoms with Gasteiger partial charge in [-0.05, 0) is 50.4 Å². The first kappa shape index (κ1) is 19.6. The number of nitrogens with zero attached hydrogens (tertiary/aromatic N) is 1. The molecule has 1 aromatic heterocycles. The van der Waals surface area contributed by atoms with E-state index in [-0.39, 0.29) is 30.4 Å². The Balaban J connectivity index is 1.61. The number of amides is 2. The first-order valence-electron chi connectivity index (χ1n) is 9.48. The average Bonchev–Trinajstić information content (AvgIpc) is 3.35. The van der Waals surface area contributed by atoms with Crippen LogP contribution in [0.4, 0.5) is 5.69 Å². The largest absolute Gasteiger partial charge is 0.349 e. The maximum absolute atomic E-state index is 12.6. The van der Waals surface area contributed by atoms with Crippen LogP contribution >= 0.6 is 11.3 Å². The number of anilines is 1. The van der Waals surface area contributed by atoms with Crippen LogP contribution in [-0.2, 0) is 4.79 Å². The first-order chi connectivity index (χ1) is 13.0. The second-order valence-corrected chi connectivity index (χ2v) is 8.13. The van der Waals surface area contributed by atoms with Gasteiger partial charge in [0.15, 0.2) is 0 Å². The van der Waals surface area contributed by atoms with E-state index in [0.29, 0.717) is 11.3 Å². The van der Waals surface area contributed by atoms with Gasteiger partial charge in [-0.2, -0.15) is 0 Å². The summed E-state index contributed by atoms with van der Waals surface area (Å²) in [5.74, 6) is -0.236. The molecule has 5 nitrogen and oxygen atoms in total. The Morgan fingerprint density at radius 2 is 1.93 bits per heavy atom. The van der Waals surface area contributed by atoms with Crippen LogP contribution in [0.5, 0.6) is 0 Å². The van der Waals surface area contributed by atoms with Gasteiger partial charge in [0.1, 0.15) is 0 Å². The third kappa shape index (κ3) is 5.17. The van der Waals surface area contributed by atoms with E-state index in [1.54, 1.807) is 23.5 Å². The van der Waals surface area contributed by atoms with Crippen molar-refractivity contribution in [2.45, 2.75) is 44.7 Å². The molecular weight excluding hydrogens is 358 g/mol. The smallest absolute Gasteiger partial charge is 0.253 e. The number of likely N-dealkylation sites (N-methyl/N-ethyl adjacent to an activating group) is 1. The number of hydrogen-bond donors (Lipinski definition) is 2. The van der Waals surface area contributed by atoms with Crippen LogP contribution in [0.2, 0.25) is 0 Å². The molecule has 0 saturated heterocycles. The van der Waals surface area contributed by atoms with Crippen molar-refractivity contribution in [1.29, 1.82) is 0 Å². The van der Waals surface area contributed by atoms with Crippen molar-refractivity contribution in [3.05, 3.63) is 52.2 Å². The SMILES string of the molecule is CC(c1cccs1)N(C)CC(=O)Nc1ccccc1C(=O)NC1CCCC1. The maximum Gasteiger partial charge on any atom is 0.253 e. The molecule has 0 aliphatic heterocycles. The van der Waals surface area contributed by atoms with Crippen molar-refractivity contribution in [3.8, 4) is 0 Å². The van der Waals surface area contributed by atoms with E-state index in [1.165, 1.54) is 4.88 Å². The molecule has 0 radical (unpaired) electrons. The van der Waals surface area contributed by atoms with Gasteiger partial charge >= 0.3 is 0 Å². The molecule has 2 N–H and O–H groups in total. The van der Waals surface area contributed by atoms with Crippen LogP contribution in [0.1, 0.15) is 53.9 Å². The molecule has 144 valence electrons. The minimum absolute atomic E-state index is 0.113. The summed E-state index contributed by atoms with van der Waals surface area (Å²) in [5.41, 5.74) is 1.09. The number of thiophene rings is 1. The third-order valence-corrected chi connectivity index (χ3v) is 6.19. The van der Waals surface area contributed by atoms with Gasteiger partial charge in [-0.15, -0.1) is 11.3 Å². The van der Waals surface area contributed by atoms with Crippen molar-refractivity contribution in [2.75, 3.05) is 18.9 Å². The molecule has 1 aliphatic carbocycles. The van der Waals surface area contributed by atoms with E-state index in [9.17, 15) is 9.59 Å². The van der Waals surface area contributed by atoms with Crippen molar-refractivity contribution >= 4 is 28.8 Å². The lowest BCUT2D eigenvalue weighted by Crippen LogP contribution is -2.34. The zero-order chi connectivity index (χ0) is 19.2. The monoisotopic (exact) mass is 385 g/mol. The zero-order valence-electron chi connectivity index (χ0n) is 15.9. The fraction of sp³-hybridized carbons (Fsp3) is 0.429. The summed E-state index contributed by atoms with van der Waals surface area (Å²) in [5, 5.41) is 8.04. The van der Waals surface area contributed by atoms with E-state index >= 15 is 0 Å². The fourth-order valence-corrected chi connectivity index (χ4v) is 4.27. The van der Waals surface area contributed by atoms with Crippen molar-refractivity contribution in [1.82, 2.24) is 10.2 Å². The van der Waals surface area contributed by atoms with Gasteiger partial charge in [0.05, 0.1) is 17.8 Å².